The molecule has 3 aromatic rings. The molecule has 1 heterocycles. The standard InChI is InChI=1S/C21H22O3/c1-4-17-12-18-14(2)15(3)21(22)24-20(18)13-19(17)23-11-10-16-8-6-5-7-9-16/h5-9,12-13H,4,10-11H2,1-3H3. The van der Waals surface area contributed by atoms with Crippen LogP contribution in [0.15, 0.2) is 51.7 Å². The summed E-state index contributed by atoms with van der Waals surface area (Å²) in [5.74, 6) is 0.798. The average Bonchev–Trinajstić information content (AvgIpc) is 2.60. The van der Waals surface area contributed by atoms with Gasteiger partial charge in [0.15, 0.2) is 0 Å². The largest absolute Gasteiger partial charge is 0.493 e. The Hall–Kier alpha value is -2.55. The Balaban J connectivity index is 1.89. The van der Waals surface area contributed by atoms with E-state index in [2.05, 4.69) is 25.1 Å². The van der Waals surface area contributed by atoms with Crippen LogP contribution in [-0.2, 0) is 12.8 Å². The second-order valence-electron chi connectivity index (χ2n) is 6.03. The lowest BCUT2D eigenvalue weighted by molar-refractivity contribution is 0.318. The molecule has 3 rings (SSSR count). The molecule has 24 heavy (non-hydrogen) atoms. The van der Waals surface area contributed by atoms with Gasteiger partial charge in [-0.25, -0.2) is 4.79 Å². The van der Waals surface area contributed by atoms with Gasteiger partial charge >= 0.3 is 5.63 Å². The van der Waals surface area contributed by atoms with Crippen molar-refractivity contribution in [2.75, 3.05) is 6.61 Å². The zero-order valence-electron chi connectivity index (χ0n) is 14.4. The van der Waals surface area contributed by atoms with Crippen molar-refractivity contribution in [1.29, 1.82) is 0 Å². The van der Waals surface area contributed by atoms with E-state index in [9.17, 15) is 4.79 Å². The zero-order valence-corrected chi connectivity index (χ0v) is 14.4. The molecule has 3 nitrogen and oxygen atoms in total. The second-order valence-corrected chi connectivity index (χ2v) is 6.03. The third-order valence-corrected chi connectivity index (χ3v) is 4.51. The predicted molar refractivity (Wildman–Crippen MR) is 97.0 cm³/mol. The minimum Gasteiger partial charge on any atom is -0.493 e. The van der Waals surface area contributed by atoms with Crippen LogP contribution in [-0.4, -0.2) is 6.61 Å². The summed E-state index contributed by atoms with van der Waals surface area (Å²) in [5, 5.41) is 0.986. The summed E-state index contributed by atoms with van der Waals surface area (Å²) < 4.78 is 11.4. The van der Waals surface area contributed by atoms with E-state index in [4.69, 9.17) is 9.15 Å². The van der Waals surface area contributed by atoms with Crippen molar-refractivity contribution in [3.63, 3.8) is 0 Å². The van der Waals surface area contributed by atoms with Crippen LogP contribution in [0.4, 0.5) is 0 Å². The molecule has 0 spiro atoms. The van der Waals surface area contributed by atoms with Gasteiger partial charge in [-0.05, 0) is 43.0 Å². The third kappa shape index (κ3) is 3.21. The lowest BCUT2D eigenvalue weighted by atomic mass is 10.0. The molecule has 124 valence electrons. The zero-order chi connectivity index (χ0) is 17.1. The summed E-state index contributed by atoms with van der Waals surface area (Å²) in [7, 11) is 0. The average molecular weight is 322 g/mol. The molecule has 0 aliphatic heterocycles. The molecule has 0 aliphatic carbocycles. The number of aryl methyl sites for hydroxylation is 2. The van der Waals surface area contributed by atoms with E-state index in [1.807, 2.05) is 31.2 Å². The monoisotopic (exact) mass is 322 g/mol. The van der Waals surface area contributed by atoms with Crippen LogP contribution in [0.1, 0.15) is 29.2 Å². The quantitative estimate of drug-likeness (QED) is 0.645. The minimum atomic E-state index is -0.278. The fourth-order valence-corrected chi connectivity index (χ4v) is 2.85. The Morgan fingerprint density at radius 2 is 1.79 bits per heavy atom. The topological polar surface area (TPSA) is 39.4 Å². The van der Waals surface area contributed by atoms with Gasteiger partial charge < -0.3 is 9.15 Å². The normalized spacial score (nSPS) is 11.0. The lowest BCUT2D eigenvalue weighted by Gasteiger charge is -2.13. The number of hydrogen-bond acceptors (Lipinski definition) is 3. The lowest BCUT2D eigenvalue weighted by Crippen LogP contribution is -2.07. The van der Waals surface area contributed by atoms with Gasteiger partial charge in [0.25, 0.3) is 0 Å². The first-order valence-corrected chi connectivity index (χ1v) is 8.33. The highest BCUT2D eigenvalue weighted by Gasteiger charge is 2.12. The van der Waals surface area contributed by atoms with Gasteiger partial charge in [0, 0.05) is 23.4 Å². The molecule has 0 aliphatic rings. The van der Waals surface area contributed by atoms with Crippen LogP contribution in [0, 0.1) is 13.8 Å². The molecular formula is C21H22O3. The Morgan fingerprint density at radius 1 is 1.04 bits per heavy atom. The van der Waals surface area contributed by atoms with Gasteiger partial charge in [0.2, 0.25) is 0 Å². The van der Waals surface area contributed by atoms with Crippen molar-refractivity contribution in [3.05, 3.63) is 75.1 Å². The first-order chi connectivity index (χ1) is 11.6. The molecule has 0 amide bonds. The van der Waals surface area contributed by atoms with E-state index in [-0.39, 0.29) is 5.63 Å². The van der Waals surface area contributed by atoms with Crippen LogP contribution < -0.4 is 10.4 Å². The van der Waals surface area contributed by atoms with Crippen LogP contribution >= 0.6 is 0 Å². The molecule has 0 fully saturated rings. The highest BCUT2D eigenvalue weighted by Crippen LogP contribution is 2.28. The summed E-state index contributed by atoms with van der Waals surface area (Å²) in [6, 6.07) is 14.2. The molecule has 0 bridgehead atoms. The van der Waals surface area contributed by atoms with E-state index in [0.717, 1.165) is 35.1 Å². The molecule has 0 saturated heterocycles. The summed E-state index contributed by atoms with van der Waals surface area (Å²) in [6.07, 6.45) is 1.72. The predicted octanol–water partition coefficient (Wildman–Crippen LogP) is 4.59. The molecule has 0 saturated carbocycles. The van der Waals surface area contributed by atoms with Crippen LogP contribution in [0.25, 0.3) is 11.0 Å². The maximum Gasteiger partial charge on any atom is 0.339 e. The number of rotatable bonds is 5. The minimum absolute atomic E-state index is 0.278. The van der Waals surface area contributed by atoms with E-state index < -0.39 is 0 Å². The summed E-state index contributed by atoms with van der Waals surface area (Å²) in [6.45, 7) is 6.46. The van der Waals surface area contributed by atoms with E-state index in [1.54, 1.807) is 6.92 Å². The summed E-state index contributed by atoms with van der Waals surface area (Å²) in [5.41, 5.74) is 4.34. The molecular weight excluding hydrogens is 300 g/mol. The van der Waals surface area contributed by atoms with Crippen molar-refractivity contribution in [3.8, 4) is 5.75 Å². The highest BCUT2D eigenvalue weighted by atomic mass is 16.5. The SMILES string of the molecule is CCc1cc2c(C)c(C)c(=O)oc2cc1OCCc1ccccc1. The van der Waals surface area contributed by atoms with Crippen molar-refractivity contribution < 1.29 is 9.15 Å². The van der Waals surface area contributed by atoms with Crippen LogP contribution in [0.5, 0.6) is 5.75 Å². The van der Waals surface area contributed by atoms with Crippen LogP contribution in [0.3, 0.4) is 0 Å². The molecule has 2 aromatic carbocycles. The van der Waals surface area contributed by atoms with Gasteiger partial charge in [-0.1, -0.05) is 37.3 Å². The Morgan fingerprint density at radius 3 is 2.50 bits per heavy atom. The van der Waals surface area contributed by atoms with Gasteiger partial charge in [0.1, 0.15) is 11.3 Å². The van der Waals surface area contributed by atoms with Crippen molar-refractivity contribution in [1.82, 2.24) is 0 Å². The van der Waals surface area contributed by atoms with E-state index in [0.29, 0.717) is 17.8 Å². The van der Waals surface area contributed by atoms with Gasteiger partial charge in [-0.3, -0.25) is 0 Å². The molecule has 0 radical (unpaired) electrons. The molecule has 3 heteroatoms. The first kappa shape index (κ1) is 16.3. The Bertz CT molecular complexity index is 908. The maximum atomic E-state index is 11.9. The first-order valence-electron chi connectivity index (χ1n) is 8.33. The van der Waals surface area contributed by atoms with E-state index in [1.165, 1.54) is 5.56 Å². The van der Waals surface area contributed by atoms with Gasteiger partial charge in [-0.15, -0.1) is 0 Å². The van der Waals surface area contributed by atoms with Crippen molar-refractivity contribution in [2.24, 2.45) is 0 Å². The third-order valence-electron chi connectivity index (χ3n) is 4.51. The molecule has 1 aromatic heterocycles. The number of benzene rings is 2. The van der Waals surface area contributed by atoms with E-state index >= 15 is 0 Å². The Kier molecular flexibility index (Phi) is 4.70. The van der Waals surface area contributed by atoms with Gasteiger partial charge in [-0.2, -0.15) is 0 Å². The number of fused-ring (bicyclic) bond motifs is 1. The smallest absolute Gasteiger partial charge is 0.339 e. The highest BCUT2D eigenvalue weighted by molar-refractivity contribution is 5.83. The number of ether oxygens (including phenoxy) is 1. The van der Waals surface area contributed by atoms with Crippen LogP contribution in [0.2, 0.25) is 0 Å². The summed E-state index contributed by atoms with van der Waals surface area (Å²) >= 11 is 0. The maximum absolute atomic E-state index is 11.9. The fourth-order valence-electron chi connectivity index (χ4n) is 2.85. The Labute approximate surface area is 141 Å². The number of hydrogen-bond donors (Lipinski definition) is 0. The molecule has 0 atom stereocenters. The molecule has 0 N–H and O–H groups in total. The second kappa shape index (κ2) is 6.91. The summed E-state index contributed by atoms with van der Waals surface area (Å²) in [4.78, 5) is 11.9. The van der Waals surface area contributed by atoms with Gasteiger partial charge in [0.05, 0.1) is 6.61 Å². The fraction of sp³-hybridized carbons (Fsp3) is 0.286. The van der Waals surface area contributed by atoms with Crippen molar-refractivity contribution in [2.45, 2.75) is 33.6 Å². The van der Waals surface area contributed by atoms with Crippen molar-refractivity contribution >= 4 is 11.0 Å². The molecule has 0 unspecified atom stereocenters.